The van der Waals surface area contributed by atoms with Crippen LogP contribution in [0.15, 0.2) is 30.3 Å². The van der Waals surface area contributed by atoms with Gasteiger partial charge in [-0.25, -0.2) is 4.44 Å². The molecule has 0 amide bonds. The SMILES string of the molecule is C[Si](C)(C)c1nnn(Cc2ccccc2)p1. The van der Waals surface area contributed by atoms with Crippen molar-refractivity contribution in [3.8, 4) is 0 Å². The van der Waals surface area contributed by atoms with E-state index in [0.29, 0.717) is 0 Å². The van der Waals surface area contributed by atoms with Gasteiger partial charge in [-0.05, 0) is 5.56 Å². The smallest absolute Gasteiger partial charge is 0.112 e. The molecule has 0 spiro atoms. The maximum atomic E-state index is 4.30. The van der Waals surface area contributed by atoms with Crippen LogP contribution in [0.2, 0.25) is 19.6 Å². The van der Waals surface area contributed by atoms with E-state index in [9.17, 15) is 0 Å². The van der Waals surface area contributed by atoms with E-state index in [-0.39, 0.29) is 0 Å². The van der Waals surface area contributed by atoms with Crippen LogP contribution < -0.4 is 5.05 Å². The van der Waals surface area contributed by atoms with E-state index < -0.39 is 8.07 Å². The minimum absolute atomic E-state index is 0.847. The number of rotatable bonds is 3. The molecule has 0 aliphatic heterocycles. The molecule has 0 N–H and O–H groups in total. The first-order valence-corrected chi connectivity index (χ1v) is 9.72. The van der Waals surface area contributed by atoms with Crippen LogP contribution in [-0.4, -0.2) is 22.8 Å². The molecule has 0 atom stereocenters. The number of aromatic nitrogens is 3. The van der Waals surface area contributed by atoms with Gasteiger partial charge in [0, 0.05) is 0 Å². The molecule has 0 saturated heterocycles. The standard InChI is InChI=1S/C11H16N3PSi/c1-16(2,3)11-12-13-14(15-11)9-10-7-5-4-6-8-10/h4-8H,9H2,1-3H3. The molecule has 2 aromatic rings. The second-order valence-corrected chi connectivity index (χ2v) is 11.4. The first kappa shape index (κ1) is 11.5. The summed E-state index contributed by atoms with van der Waals surface area (Å²) < 4.78 is 2.02. The second kappa shape index (κ2) is 4.48. The van der Waals surface area contributed by atoms with Crippen LogP contribution in [0.5, 0.6) is 0 Å². The molecule has 0 radical (unpaired) electrons. The Bertz CT molecular complexity index is 462. The predicted molar refractivity (Wildman–Crippen MR) is 71.1 cm³/mol. The van der Waals surface area contributed by atoms with Crippen LogP contribution in [0.3, 0.4) is 0 Å². The lowest BCUT2D eigenvalue weighted by Gasteiger charge is -2.08. The predicted octanol–water partition coefficient (Wildman–Crippen LogP) is 2.45. The molecule has 3 nitrogen and oxygen atoms in total. The first-order chi connectivity index (χ1) is 7.55. The van der Waals surface area contributed by atoms with Crippen molar-refractivity contribution in [3.05, 3.63) is 35.9 Å². The van der Waals surface area contributed by atoms with Gasteiger partial charge < -0.3 is 0 Å². The number of hydrogen-bond acceptors (Lipinski definition) is 2. The number of nitrogens with zero attached hydrogens (tertiary/aromatic N) is 3. The Morgan fingerprint density at radius 1 is 1.19 bits per heavy atom. The first-order valence-electron chi connectivity index (χ1n) is 5.38. The van der Waals surface area contributed by atoms with Gasteiger partial charge >= 0.3 is 0 Å². The third-order valence-corrected chi connectivity index (χ3v) is 6.78. The van der Waals surface area contributed by atoms with E-state index in [0.717, 1.165) is 6.54 Å². The Balaban J connectivity index is 2.15. The highest BCUT2D eigenvalue weighted by Crippen LogP contribution is 2.10. The molecule has 2 rings (SSSR count). The van der Waals surface area contributed by atoms with Gasteiger partial charge in [-0.2, -0.15) is 0 Å². The van der Waals surface area contributed by atoms with Crippen molar-refractivity contribution in [2.75, 3.05) is 0 Å². The highest BCUT2D eigenvalue weighted by atomic mass is 31.0. The summed E-state index contributed by atoms with van der Waals surface area (Å²) in [4.78, 5) is 0. The van der Waals surface area contributed by atoms with E-state index in [2.05, 4.69) is 54.2 Å². The monoisotopic (exact) mass is 249 g/mol. The molecule has 0 unspecified atom stereocenters. The van der Waals surface area contributed by atoms with E-state index in [4.69, 9.17) is 0 Å². The van der Waals surface area contributed by atoms with Gasteiger partial charge in [0.1, 0.15) is 8.07 Å². The van der Waals surface area contributed by atoms with Gasteiger partial charge in [0.05, 0.1) is 19.9 Å². The molecule has 1 aromatic heterocycles. The fourth-order valence-corrected chi connectivity index (χ4v) is 3.86. The molecule has 0 fully saturated rings. The van der Waals surface area contributed by atoms with Crippen LogP contribution in [0.1, 0.15) is 5.56 Å². The van der Waals surface area contributed by atoms with E-state index in [1.165, 1.54) is 19.0 Å². The number of hydrogen-bond donors (Lipinski definition) is 0. The van der Waals surface area contributed by atoms with Gasteiger partial charge in [0.2, 0.25) is 0 Å². The van der Waals surface area contributed by atoms with Crippen LogP contribution >= 0.6 is 8.35 Å². The molecule has 0 aliphatic rings. The molecular weight excluding hydrogens is 233 g/mol. The molecule has 0 aliphatic carbocycles. The molecular formula is C11H16N3PSi. The van der Waals surface area contributed by atoms with Gasteiger partial charge in [-0.3, -0.25) is 0 Å². The van der Waals surface area contributed by atoms with Crippen molar-refractivity contribution in [2.24, 2.45) is 0 Å². The summed E-state index contributed by atoms with van der Waals surface area (Å²) in [5, 5.41) is 9.79. The summed E-state index contributed by atoms with van der Waals surface area (Å²) in [5.41, 5.74) is 1.28. The molecule has 0 bridgehead atoms. The fourth-order valence-electron chi connectivity index (χ4n) is 1.36. The molecule has 5 heteroatoms. The summed E-state index contributed by atoms with van der Waals surface area (Å²) in [6.07, 6.45) is 0. The van der Waals surface area contributed by atoms with Gasteiger partial charge in [0.15, 0.2) is 0 Å². The maximum absolute atomic E-state index is 4.30. The van der Waals surface area contributed by atoms with Crippen LogP contribution in [-0.2, 0) is 6.54 Å². The van der Waals surface area contributed by atoms with Crippen molar-refractivity contribution < 1.29 is 0 Å². The lowest BCUT2D eigenvalue weighted by Crippen LogP contribution is -2.36. The van der Waals surface area contributed by atoms with Crippen molar-refractivity contribution in [2.45, 2.75) is 26.2 Å². The van der Waals surface area contributed by atoms with Gasteiger partial charge in [-0.15, -0.1) is 5.10 Å². The van der Waals surface area contributed by atoms with E-state index in [1.54, 1.807) is 0 Å². The van der Waals surface area contributed by atoms with Crippen LogP contribution in [0, 0.1) is 0 Å². The molecule has 84 valence electrons. The maximum Gasteiger partial charge on any atom is 0.112 e. The molecule has 16 heavy (non-hydrogen) atoms. The highest BCUT2D eigenvalue weighted by Gasteiger charge is 2.21. The zero-order valence-corrected chi connectivity index (χ0v) is 11.8. The Morgan fingerprint density at radius 2 is 1.88 bits per heavy atom. The summed E-state index contributed by atoms with van der Waals surface area (Å²) in [6, 6.07) is 10.4. The number of benzene rings is 1. The Labute approximate surface area is 98.7 Å². The lowest BCUT2D eigenvalue weighted by molar-refractivity contribution is 0.699. The molecule has 0 saturated carbocycles. The minimum atomic E-state index is -1.28. The largest absolute Gasteiger partial charge is 0.223 e. The van der Waals surface area contributed by atoms with Crippen molar-refractivity contribution in [3.63, 3.8) is 0 Å². The fraction of sp³-hybridized carbons (Fsp3) is 0.364. The Morgan fingerprint density at radius 3 is 2.44 bits per heavy atom. The van der Waals surface area contributed by atoms with E-state index in [1.807, 2.05) is 10.5 Å². The zero-order chi connectivity index (χ0) is 11.6. The Kier molecular flexibility index (Phi) is 3.22. The third-order valence-electron chi connectivity index (χ3n) is 2.29. The summed E-state index contributed by atoms with van der Waals surface area (Å²) in [5.74, 6) is 0. The minimum Gasteiger partial charge on any atom is -0.223 e. The summed E-state index contributed by atoms with van der Waals surface area (Å²) >= 11 is 0. The molecule has 1 aromatic carbocycles. The second-order valence-electron chi connectivity index (χ2n) is 4.88. The van der Waals surface area contributed by atoms with Crippen LogP contribution in [0.4, 0.5) is 0 Å². The van der Waals surface area contributed by atoms with Crippen LogP contribution in [0.25, 0.3) is 0 Å². The van der Waals surface area contributed by atoms with Crippen molar-refractivity contribution in [1.29, 1.82) is 0 Å². The van der Waals surface area contributed by atoms with Gasteiger partial charge in [0.25, 0.3) is 0 Å². The van der Waals surface area contributed by atoms with E-state index >= 15 is 0 Å². The lowest BCUT2D eigenvalue weighted by atomic mass is 10.2. The topological polar surface area (TPSA) is 30.7 Å². The normalized spacial score (nSPS) is 12.2. The van der Waals surface area contributed by atoms with Crippen molar-refractivity contribution in [1.82, 2.24) is 14.8 Å². The summed E-state index contributed by atoms with van der Waals surface area (Å²) in [7, 11) is -0.112. The summed E-state index contributed by atoms with van der Waals surface area (Å²) in [6.45, 7) is 7.76. The average Bonchev–Trinajstić information content (AvgIpc) is 2.67. The zero-order valence-electron chi connectivity index (χ0n) is 9.88. The average molecular weight is 249 g/mol. The third kappa shape index (κ3) is 2.77. The van der Waals surface area contributed by atoms with Crippen molar-refractivity contribution >= 4 is 21.5 Å². The highest BCUT2D eigenvalue weighted by molar-refractivity contribution is 7.37. The van der Waals surface area contributed by atoms with Gasteiger partial charge in [-0.1, -0.05) is 55.2 Å². The molecule has 1 heterocycles. The quantitative estimate of drug-likeness (QED) is 0.782. The Hall–Kier alpha value is -0.993.